The standard InChI is InChI=1S/C32H43N9O3/c1-32(2,3)26-19-28(38-41(26)22-7-6-13-40(14-11-22)15-16-43-5)36-31-37-29-25(39(31)4)17-24(20-34-29)44-23-10-12-33-27(18-23)35-30(42)21-8-9-21/h10,12,17-22H,6-9,11,13-16H2,1-5H3,(H,33,35,42)(H,34,36,37,38). The molecule has 2 aliphatic rings. The molecule has 2 N–H and O–H groups in total. The molecule has 6 rings (SSSR count). The maximum absolute atomic E-state index is 12.1. The molecule has 1 aliphatic heterocycles. The van der Waals surface area contributed by atoms with Crippen molar-refractivity contribution < 1.29 is 14.3 Å². The van der Waals surface area contributed by atoms with E-state index in [-0.39, 0.29) is 17.2 Å². The van der Waals surface area contributed by atoms with Crippen LogP contribution >= 0.6 is 0 Å². The minimum Gasteiger partial charge on any atom is -0.455 e. The number of hydrogen-bond donors (Lipinski definition) is 2. The van der Waals surface area contributed by atoms with Crippen LogP contribution in [0.1, 0.15) is 64.6 Å². The van der Waals surface area contributed by atoms with Crippen LogP contribution in [0, 0.1) is 5.92 Å². The number of pyridine rings is 2. The highest BCUT2D eigenvalue weighted by atomic mass is 16.5. The summed E-state index contributed by atoms with van der Waals surface area (Å²) in [5.74, 6) is 3.12. The van der Waals surface area contributed by atoms with Gasteiger partial charge in [0.2, 0.25) is 11.9 Å². The minimum atomic E-state index is -0.0668. The fourth-order valence-electron chi connectivity index (χ4n) is 5.71. The van der Waals surface area contributed by atoms with Gasteiger partial charge in [-0.2, -0.15) is 10.1 Å². The highest BCUT2D eigenvalue weighted by Gasteiger charge is 2.30. The Bertz CT molecular complexity index is 1620. The van der Waals surface area contributed by atoms with Crippen LogP contribution in [-0.2, 0) is 22.0 Å². The molecule has 1 aliphatic carbocycles. The van der Waals surface area contributed by atoms with Crippen molar-refractivity contribution in [2.75, 3.05) is 44.0 Å². The van der Waals surface area contributed by atoms with E-state index >= 15 is 0 Å². The van der Waals surface area contributed by atoms with Gasteiger partial charge in [-0.25, -0.2) is 9.97 Å². The molecule has 44 heavy (non-hydrogen) atoms. The van der Waals surface area contributed by atoms with Gasteiger partial charge in [-0.3, -0.25) is 9.48 Å². The summed E-state index contributed by atoms with van der Waals surface area (Å²) in [6, 6.07) is 7.86. The van der Waals surface area contributed by atoms with Crippen molar-refractivity contribution >= 4 is 34.7 Å². The van der Waals surface area contributed by atoms with Crippen molar-refractivity contribution in [3.05, 3.63) is 42.4 Å². The first-order chi connectivity index (χ1) is 21.2. The van der Waals surface area contributed by atoms with E-state index in [1.54, 1.807) is 31.6 Å². The lowest BCUT2D eigenvalue weighted by molar-refractivity contribution is -0.117. The van der Waals surface area contributed by atoms with Gasteiger partial charge in [0.05, 0.1) is 24.4 Å². The zero-order valence-corrected chi connectivity index (χ0v) is 26.3. The van der Waals surface area contributed by atoms with Gasteiger partial charge in [-0.05, 0) is 44.7 Å². The topological polar surface area (TPSA) is 124 Å². The first kappa shape index (κ1) is 30.0. The molecule has 1 amide bonds. The summed E-state index contributed by atoms with van der Waals surface area (Å²) in [5.41, 5.74) is 2.55. The van der Waals surface area contributed by atoms with E-state index in [9.17, 15) is 4.79 Å². The van der Waals surface area contributed by atoms with Crippen LogP contribution in [0.15, 0.2) is 36.7 Å². The Labute approximate surface area is 258 Å². The average molecular weight is 602 g/mol. The smallest absolute Gasteiger partial charge is 0.228 e. The molecule has 1 saturated heterocycles. The first-order valence-corrected chi connectivity index (χ1v) is 15.5. The number of amides is 1. The van der Waals surface area contributed by atoms with Gasteiger partial charge in [-0.1, -0.05) is 20.8 Å². The number of aryl methyl sites for hydroxylation is 1. The number of carbonyl (C=O) groups is 1. The number of nitrogens with one attached hydrogen (secondary N) is 2. The Kier molecular flexibility index (Phi) is 8.55. The van der Waals surface area contributed by atoms with E-state index in [1.165, 1.54) is 5.69 Å². The molecule has 1 unspecified atom stereocenters. The van der Waals surface area contributed by atoms with Crippen LogP contribution < -0.4 is 15.4 Å². The Morgan fingerprint density at radius 3 is 2.66 bits per heavy atom. The molecule has 12 heteroatoms. The summed E-state index contributed by atoms with van der Waals surface area (Å²) in [6.07, 6.45) is 8.42. The third-order valence-electron chi connectivity index (χ3n) is 8.37. The van der Waals surface area contributed by atoms with E-state index in [0.29, 0.717) is 35.0 Å². The zero-order chi connectivity index (χ0) is 30.8. The molecule has 0 radical (unpaired) electrons. The number of imidazole rings is 1. The van der Waals surface area contributed by atoms with Crippen LogP contribution in [0.25, 0.3) is 11.2 Å². The maximum Gasteiger partial charge on any atom is 0.228 e. The van der Waals surface area contributed by atoms with Crippen LogP contribution in [0.4, 0.5) is 17.6 Å². The monoisotopic (exact) mass is 601 g/mol. The third-order valence-corrected chi connectivity index (χ3v) is 8.37. The summed E-state index contributed by atoms with van der Waals surface area (Å²) in [5, 5.41) is 11.4. The lowest BCUT2D eigenvalue weighted by atomic mass is 9.91. The van der Waals surface area contributed by atoms with Crippen molar-refractivity contribution in [3.8, 4) is 11.5 Å². The quantitative estimate of drug-likeness (QED) is 0.245. The highest BCUT2D eigenvalue weighted by Crippen LogP contribution is 2.34. The lowest BCUT2D eigenvalue weighted by Crippen LogP contribution is -2.29. The second-order valence-electron chi connectivity index (χ2n) is 12.9. The van der Waals surface area contributed by atoms with Gasteiger partial charge in [0.25, 0.3) is 0 Å². The molecular formula is C32H43N9O3. The van der Waals surface area contributed by atoms with E-state index < -0.39 is 0 Å². The Morgan fingerprint density at radius 1 is 1.05 bits per heavy atom. The molecule has 234 valence electrons. The SMILES string of the molecule is COCCN1CCCC(n2nc(Nc3nc4ncc(Oc5ccnc(NC(=O)C6CC6)c5)cc4n3C)cc2C(C)(C)C)CC1. The van der Waals surface area contributed by atoms with E-state index in [2.05, 4.69) is 57.0 Å². The van der Waals surface area contributed by atoms with Crippen LogP contribution in [0.2, 0.25) is 0 Å². The summed E-state index contributed by atoms with van der Waals surface area (Å²) >= 11 is 0. The normalized spacial score (nSPS) is 17.9. The summed E-state index contributed by atoms with van der Waals surface area (Å²) in [6.45, 7) is 10.6. The number of likely N-dealkylation sites (tertiary alicyclic amines) is 1. The Morgan fingerprint density at radius 2 is 1.89 bits per heavy atom. The van der Waals surface area contributed by atoms with E-state index in [0.717, 1.165) is 69.7 Å². The first-order valence-electron chi connectivity index (χ1n) is 15.5. The van der Waals surface area contributed by atoms with E-state index in [1.807, 2.05) is 17.7 Å². The molecule has 0 bridgehead atoms. The fourth-order valence-corrected chi connectivity index (χ4v) is 5.71. The molecule has 0 spiro atoms. The van der Waals surface area contributed by atoms with Gasteiger partial charge in [-0.15, -0.1) is 0 Å². The molecular weight excluding hydrogens is 558 g/mol. The van der Waals surface area contributed by atoms with Crippen molar-refractivity contribution in [2.24, 2.45) is 13.0 Å². The number of ether oxygens (including phenoxy) is 2. The molecule has 0 aromatic carbocycles. The molecule has 2 fully saturated rings. The lowest BCUT2D eigenvalue weighted by Gasteiger charge is -2.25. The number of fused-ring (bicyclic) bond motifs is 1. The summed E-state index contributed by atoms with van der Waals surface area (Å²) in [7, 11) is 3.71. The molecule has 1 saturated carbocycles. The van der Waals surface area contributed by atoms with Crippen LogP contribution in [0.3, 0.4) is 0 Å². The Hall–Kier alpha value is -4.03. The number of methoxy groups -OCH3 is 1. The maximum atomic E-state index is 12.1. The number of carbonyl (C=O) groups excluding carboxylic acids is 1. The largest absolute Gasteiger partial charge is 0.455 e. The van der Waals surface area contributed by atoms with Crippen LogP contribution in [0.5, 0.6) is 11.5 Å². The van der Waals surface area contributed by atoms with E-state index in [4.69, 9.17) is 19.6 Å². The van der Waals surface area contributed by atoms with Crippen molar-refractivity contribution in [2.45, 2.75) is 64.3 Å². The predicted octanol–water partition coefficient (Wildman–Crippen LogP) is 5.42. The van der Waals surface area contributed by atoms with Gasteiger partial charge in [0.15, 0.2) is 11.5 Å². The molecule has 1 atom stereocenters. The predicted molar refractivity (Wildman–Crippen MR) is 170 cm³/mol. The van der Waals surface area contributed by atoms with Gasteiger partial charge in [0, 0.05) is 68.7 Å². The number of anilines is 3. The van der Waals surface area contributed by atoms with Crippen molar-refractivity contribution in [3.63, 3.8) is 0 Å². The number of rotatable bonds is 10. The van der Waals surface area contributed by atoms with Crippen molar-refractivity contribution in [1.82, 2.24) is 34.2 Å². The molecule has 4 aromatic rings. The van der Waals surface area contributed by atoms with Gasteiger partial charge in [0.1, 0.15) is 17.3 Å². The molecule has 4 aromatic heterocycles. The number of nitrogens with zero attached hydrogens (tertiary/aromatic N) is 7. The fraction of sp³-hybridized carbons (Fsp3) is 0.531. The second-order valence-corrected chi connectivity index (χ2v) is 12.9. The van der Waals surface area contributed by atoms with Gasteiger partial charge < -0.3 is 29.6 Å². The third kappa shape index (κ3) is 6.86. The zero-order valence-electron chi connectivity index (χ0n) is 26.3. The summed E-state index contributed by atoms with van der Waals surface area (Å²) < 4.78 is 15.6. The van der Waals surface area contributed by atoms with Gasteiger partial charge >= 0.3 is 0 Å². The highest BCUT2D eigenvalue weighted by molar-refractivity contribution is 5.93. The number of aromatic nitrogens is 6. The molecule has 12 nitrogen and oxygen atoms in total. The van der Waals surface area contributed by atoms with Crippen molar-refractivity contribution in [1.29, 1.82) is 0 Å². The molecule has 5 heterocycles. The second kappa shape index (κ2) is 12.5. The Balaban J connectivity index is 1.19. The average Bonchev–Trinajstić information content (AvgIpc) is 3.74. The van der Waals surface area contributed by atoms with Crippen LogP contribution in [-0.4, -0.2) is 73.5 Å². The number of hydrogen-bond acceptors (Lipinski definition) is 9. The summed E-state index contributed by atoms with van der Waals surface area (Å²) in [4.78, 5) is 28.2. The minimum absolute atomic E-state index is 0.00549.